The number of rotatable bonds is 2. The maximum Gasteiger partial charge on any atom is 0.312 e. The SMILES string of the molecule is CC1CN2CCCC2CN1c1nc2c(s1)CCC2C(=O)O. The summed E-state index contributed by atoms with van der Waals surface area (Å²) in [6.07, 6.45) is 4.18. The molecule has 1 aromatic heterocycles. The second kappa shape index (κ2) is 4.95. The van der Waals surface area contributed by atoms with Crippen molar-refractivity contribution in [3.8, 4) is 0 Å². The lowest BCUT2D eigenvalue weighted by Crippen LogP contribution is -2.55. The summed E-state index contributed by atoms with van der Waals surface area (Å²) < 4.78 is 0. The number of aryl methyl sites for hydroxylation is 1. The average molecular weight is 307 g/mol. The molecule has 3 aliphatic rings. The van der Waals surface area contributed by atoms with E-state index in [-0.39, 0.29) is 5.92 Å². The van der Waals surface area contributed by atoms with Gasteiger partial charge in [0.25, 0.3) is 0 Å². The van der Waals surface area contributed by atoms with Crippen LogP contribution in [0.1, 0.15) is 42.7 Å². The van der Waals surface area contributed by atoms with Gasteiger partial charge in [-0.15, -0.1) is 11.3 Å². The molecule has 3 unspecified atom stereocenters. The van der Waals surface area contributed by atoms with Crippen molar-refractivity contribution < 1.29 is 9.90 Å². The molecule has 0 amide bonds. The monoisotopic (exact) mass is 307 g/mol. The van der Waals surface area contributed by atoms with Crippen LogP contribution in [0.2, 0.25) is 0 Å². The summed E-state index contributed by atoms with van der Waals surface area (Å²) in [5.74, 6) is -1.10. The molecule has 0 saturated carbocycles. The number of nitrogens with zero attached hydrogens (tertiary/aromatic N) is 3. The molecule has 2 saturated heterocycles. The van der Waals surface area contributed by atoms with Gasteiger partial charge in [0.05, 0.1) is 5.69 Å². The maximum atomic E-state index is 11.3. The third-order valence-corrected chi connectivity index (χ3v) is 6.36. The van der Waals surface area contributed by atoms with Gasteiger partial charge in [0.15, 0.2) is 5.13 Å². The highest BCUT2D eigenvalue weighted by atomic mass is 32.1. The normalized spacial score (nSPS) is 32.2. The number of aliphatic carboxylic acids is 1. The molecule has 4 rings (SSSR count). The fraction of sp³-hybridized carbons (Fsp3) is 0.733. The highest BCUT2D eigenvalue weighted by Crippen LogP contribution is 2.41. The molecular formula is C15H21N3O2S. The number of thiazole rings is 1. The summed E-state index contributed by atoms with van der Waals surface area (Å²) in [6, 6.07) is 1.13. The largest absolute Gasteiger partial charge is 0.481 e. The van der Waals surface area contributed by atoms with Crippen LogP contribution in [0.25, 0.3) is 0 Å². The first-order chi connectivity index (χ1) is 10.1. The van der Waals surface area contributed by atoms with Crippen LogP contribution < -0.4 is 4.90 Å². The van der Waals surface area contributed by atoms with Crippen LogP contribution in [0.4, 0.5) is 5.13 Å². The van der Waals surface area contributed by atoms with Crippen molar-refractivity contribution in [3.63, 3.8) is 0 Å². The molecule has 114 valence electrons. The van der Waals surface area contributed by atoms with Crippen LogP contribution in [-0.4, -0.2) is 52.7 Å². The molecule has 1 N–H and O–H groups in total. The molecule has 1 aromatic rings. The van der Waals surface area contributed by atoms with Crippen LogP contribution in [0, 0.1) is 0 Å². The van der Waals surface area contributed by atoms with Gasteiger partial charge in [-0.25, -0.2) is 4.98 Å². The molecule has 5 nitrogen and oxygen atoms in total. The zero-order valence-corrected chi connectivity index (χ0v) is 13.1. The number of fused-ring (bicyclic) bond motifs is 2. The summed E-state index contributed by atoms with van der Waals surface area (Å²) in [4.78, 5) is 22.2. The number of carboxylic acids is 1. The van der Waals surface area contributed by atoms with E-state index in [2.05, 4.69) is 16.7 Å². The van der Waals surface area contributed by atoms with Gasteiger partial charge in [0, 0.05) is 30.1 Å². The Balaban J connectivity index is 1.59. The van der Waals surface area contributed by atoms with Crippen LogP contribution >= 0.6 is 11.3 Å². The third-order valence-electron chi connectivity index (χ3n) is 5.19. The van der Waals surface area contributed by atoms with Crippen LogP contribution in [0.5, 0.6) is 0 Å². The number of carbonyl (C=O) groups is 1. The molecule has 3 atom stereocenters. The van der Waals surface area contributed by atoms with Gasteiger partial charge in [-0.1, -0.05) is 0 Å². The van der Waals surface area contributed by atoms with Gasteiger partial charge >= 0.3 is 5.97 Å². The van der Waals surface area contributed by atoms with Crippen molar-refractivity contribution in [3.05, 3.63) is 10.6 Å². The van der Waals surface area contributed by atoms with E-state index in [0.29, 0.717) is 12.1 Å². The van der Waals surface area contributed by atoms with Gasteiger partial charge in [0.1, 0.15) is 5.92 Å². The molecule has 3 heterocycles. The Morgan fingerprint density at radius 1 is 1.38 bits per heavy atom. The molecule has 6 heteroatoms. The van der Waals surface area contributed by atoms with E-state index in [1.165, 1.54) is 24.3 Å². The fourth-order valence-electron chi connectivity index (χ4n) is 4.03. The highest BCUT2D eigenvalue weighted by Gasteiger charge is 2.38. The third kappa shape index (κ3) is 2.16. The highest BCUT2D eigenvalue weighted by molar-refractivity contribution is 7.15. The van der Waals surface area contributed by atoms with Crippen molar-refractivity contribution in [1.29, 1.82) is 0 Å². The Labute approximate surface area is 128 Å². The van der Waals surface area contributed by atoms with E-state index >= 15 is 0 Å². The van der Waals surface area contributed by atoms with Gasteiger partial charge in [0.2, 0.25) is 0 Å². The van der Waals surface area contributed by atoms with Crippen LogP contribution in [0.15, 0.2) is 0 Å². The molecule has 2 fully saturated rings. The predicted molar refractivity (Wildman–Crippen MR) is 82.2 cm³/mol. The van der Waals surface area contributed by atoms with E-state index in [9.17, 15) is 9.90 Å². The molecule has 1 aliphatic carbocycles. The molecular weight excluding hydrogens is 286 g/mol. The Morgan fingerprint density at radius 2 is 2.24 bits per heavy atom. The van der Waals surface area contributed by atoms with Crippen LogP contribution in [-0.2, 0) is 11.2 Å². The first-order valence-electron chi connectivity index (χ1n) is 7.86. The number of hydrogen-bond donors (Lipinski definition) is 1. The van der Waals surface area contributed by atoms with E-state index in [1.54, 1.807) is 11.3 Å². The lowest BCUT2D eigenvalue weighted by atomic mass is 10.1. The quantitative estimate of drug-likeness (QED) is 0.905. The first-order valence-corrected chi connectivity index (χ1v) is 8.68. The number of piperazine rings is 1. The van der Waals surface area contributed by atoms with Gasteiger partial charge in [-0.05, 0) is 39.2 Å². The Morgan fingerprint density at radius 3 is 3.05 bits per heavy atom. The van der Waals surface area contributed by atoms with E-state index in [4.69, 9.17) is 4.98 Å². The standard InChI is InChI=1S/C15H21N3O2S/c1-9-7-17-6-2-3-10(17)8-18(9)15-16-13-11(14(19)20)4-5-12(13)21-15/h9-11H,2-8H2,1H3,(H,19,20). The molecule has 0 radical (unpaired) electrons. The minimum atomic E-state index is -0.723. The second-order valence-corrected chi connectivity index (χ2v) is 7.59. The Hall–Kier alpha value is -1.14. The summed E-state index contributed by atoms with van der Waals surface area (Å²) >= 11 is 1.72. The number of aromatic nitrogens is 1. The predicted octanol–water partition coefficient (Wildman–Crippen LogP) is 1.93. The summed E-state index contributed by atoms with van der Waals surface area (Å²) in [7, 11) is 0. The number of anilines is 1. The van der Waals surface area contributed by atoms with Crippen molar-refractivity contribution in [1.82, 2.24) is 9.88 Å². The van der Waals surface area contributed by atoms with Crippen LogP contribution in [0.3, 0.4) is 0 Å². The minimum Gasteiger partial charge on any atom is -0.481 e. The minimum absolute atomic E-state index is 0.381. The summed E-state index contributed by atoms with van der Waals surface area (Å²) in [5, 5.41) is 10.3. The summed E-state index contributed by atoms with van der Waals surface area (Å²) in [5.41, 5.74) is 0.837. The maximum absolute atomic E-state index is 11.3. The second-order valence-electron chi connectivity index (χ2n) is 6.53. The smallest absolute Gasteiger partial charge is 0.312 e. The van der Waals surface area contributed by atoms with E-state index in [1.807, 2.05) is 0 Å². The van der Waals surface area contributed by atoms with Gasteiger partial charge < -0.3 is 10.0 Å². The van der Waals surface area contributed by atoms with Crippen molar-refractivity contribution in [2.24, 2.45) is 0 Å². The topological polar surface area (TPSA) is 56.7 Å². The van der Waals surface area contributed by atoms with Crippen molar-refractivity contribution in [2.75, 3.05) is 24.5 Å². The zero-order valence-electron chi connectivity index (χ0n) is 12.3. The molecule has 21 heavy (non-hydrogen) atoms. The average Bonchev–Trinajstić information content (AvgIpc) is 3.10. The van der Waals surface area contributed by atoms with E-state index in [0.717, 1.165) is 36.8 Å². The molecule has 2 aliphatic heterocycles. The molecule has 0 bridgehead atoms. The lowest BCUT2D eigenvalue weighted by Gasteiger charge is -2.42. The molecule has 0 aromatic carbocycles. The fourth-order valence-corrected chi connectivity index (χ4v) is 5.28. The molecule has 0 spiro atoms. The van der Waals surface area contributed by atoms with Crippen molar-refractivity contribution in [2.45, 2.75) is 50.6 Å². The zero-order chi connectivity index (χ0) is 14.6. The Kier molecular flexibility index (Phi) is 3.19. The van der Waals surface area contributed by atoms with Gasteiger partial charge in [-0.3, -0.25) is 9.69 Å². The number of hydrogen-bond acceptors (Lipinski definition) is 5. The Bertz CT molecular complexity index is 573. The first kappa shape index (κ1) is 13.5. The summed E-state index contributed by atoms with van der Waals surface area (Å²) in [6.45, 7) is 5.65. The number of carboxylic acid groups (broad SMARTS) is 1. The lowest BCUT2D eigenvalue weighted by molar-refractivity contribution is -0.138. The van der Waals surface area contributed by atoms with Crippen molar-refractivity contribution >= 4 is 22.4 Å². The van der Waals surface area contributed by atoms with Gasteiger partial charge in [-0.2, -0.15) is 0 Å². The van der Waals surface area contributed by atoms with E-state index < -0.39 is 5.97 Å².